The second kappa shape index (κ2) is 6.49. The molecule has 2 N–H and O–H groups in total. The molecule has 1 amide bonds. The Kier molecular flexibility index (Phi) is 5.27. The average molecular weight is 260 g/mol. The molecule has 0 aliphatic rings. The summed E-state index contributed by atoms with van der Waals surface area (Å²) >= 11 is 2.58. The number of nitrogens with one attached hydrogen (secondary N) is 1. The minimum atomic E-state index is -0.838. The molecule has 0 spiro atoms. The number of nitrogens with zero attached hydrogens (tertiary/aromatic N) is 1. The second-order valence-corrected chi connectivity index (χ2v) is 4.93. The van der Waals surface area contributed by atoms with Crippen molar-refractivity contribution in [1.82, 2.24) is 10.3 Å². The maximum Gasteiger partial charge on any atom is 0.313 e. The number of hydrogen-bond acceptors (Lipinski definition) is 5. The van der Waals surface area contributed by atoms with Crippen LogP contribution in [0.4, 0.5) is 0 Å². The lowest BCUT2D eigenvalue weighted by Gasteiger charge is -2.02. The zero-order valence-corrected chi connectivity index (χ0v) is 10.4. The van der Waals surface area contributed by atoms with Crippen LogP contribution in [0.5, 0.6) is 0 Å². The van der Waals surface area contributed by atoms with Crippen LogP contribution >= 0.6 is 23.1 Å². The lowest BCUT2D eigenvalue weighted by molar-refractivity contribution is -0.133. The van der Waals surface area contributed by atoms with Gasteiger partial charge in [0.2, 0.25) is 0 Å². The van der Waals surface area contributed by atoms with Crippen molar-refractivity contribution >= 4 is 35.0 Å². The lowest BCUT2D eigenvalue weighted by Crippen LogP contribution is -2.25. The number of thiazole rings is 1. The van der Waals surface area contributed by atoms with Gasteiger partial charge in [0.05, 0.1) is 17.0 Å². The van der Waals surface area contributed by atoms with E-state index in [1.165, 1.54) is 23.1 Å². The largest absolute Gasteiger partial charge is 0.481 e. The summed E-state index contributed by atoms with van der Waals surface area (Å²) in [4.78, 5) is 26.4. The molecule has 0 aliphatic carbocycles. The molecule has 0 unspecified atom stereocenters. The Labute approximate surface area is 101 Å². The molecule has 16 heavy (non-hydrogen) atoms. The van der Waals surface area contributed by atoms with Crippen LogP contribution in [0, 0.1) is 6.92 Å². The molecular formula is C9H12N2O3S2. The van der Waals surface area contributed by atoms with E-state index in [1.54, 1.807) is 12.4 Å². The molecule has 0 saturated carbocycles. The zero-order chi connectivity index (χ0) is 12.0. The van der Waals surface area contributed by atoms with Gasteiger partial charge >= 0.3 is 5.97 Å². The third-order valence-corrected chi connectivity index (χ3v) is 3.58. The molecule has 1 aromatic rings. The number of carboxylic acid groups (broad SMARTS) is 1. The second-order valence-electron chi connectivity index (χ2n) is 2.97. The monoisotopic (exact) mass is 260 g/mol. The number of carbonyl (C=O) groups is 2. The average Bonchev–Trinajstić information content (AvgIpc) is 2.63. The molecule has 0 bridgehead atoms. The van der Waals surface area contributed by atoms with Crippen LogP contribution in [0.15, 0.2) is 5.51 Å². The van der Waals surface area contributed by atoms with Crippen molar-refractivity contribution in [3.63, 3.8) is 0 Å². The first-order chi connectivity index (χ1) is 7.61. The predicted octanol–water partition coefficient (Wildman–Crippen LogP) is 0.999. The molecule has 0 saturated heterocycles. The van der Waals surface area contributed by atoms with E-state index in [9.17, 15) is 9.59 Å². The molecule has 0 aliphatic heterocycles. The summed E-state index contributed by atoms with van der Waals surface area (Å²) in [7, 11) is 0. The number of aromatic nitrogens is 1. The van der Waals surface area contributed by atoms with Gasteiger partial charge in [-0.1, -0.05) is 0 Å². The van der Waals surface area contributed by atoms with Gasteiger partial charge in [0.15, 0.2) is 0 Å². The normalized spacial score (nSPS) is 10.1. The highest BCUT2D eigenvalue weighted by molar-refractivity contribution is 7.99. The Hall–Kier alpha value is -1.08. The summed E-state index contributed by atoms with van der Waals surface area (Å²) in [6.07, 6.45) is 0. The Morgan fingerprint density at radius 3 is 2.94 bits per heavy atom. The number of rotatable bonds is 6. The molecule has 0 fully saturated rings. The maximum atomic E-state index is 11.6. The lowest BCUT2D eigenvalue weighted by atomic mass is 10.4. The summed E-state index contributed by atoms with van der Waals surface area (Å²) in [6.45, 7) is 2.25. The van der Waals surface area contributed by atoms with Crippen LogP contribution in [-0.4, -0.2) is 40.0 Å². The van der Waals surface area contributed by atoms with Crippen molar-refractivity contribution in [1.29, 1.82) is 0 Å². The Bertz CT molecular complexity index is 379. The minimum Gasteiger partial charge on any atom is -0.481 e. The van der Waals surface area contributed by atoms with Crippen molar-refractivity contribution in [3.8, 4) is 0 Å². The smallest absolute Gasteiger partial charge is 0.313 e. The number of carboxylic acids is 1. The standard InChI is InChI=1S/C9H12N2O3S2/c1-6-8(16-5-11-6)9(14)10-2-3-15-4-7(12)13/h5H,2-4H2,1H3,(H,10,14)(H,12,13). The third kappa shape index (κ3) is 4.19. The number of aryl methyl sites for hydroxylation is 1. The molecule has 88 valence electrons. The fourth-order valence-corrected chi connectivity index (χ4v) is 2.28. The van der Waals surface area contributed by atoms with Gasteiger partial charge in [0, 0.05) is 12.3 Å². The topological polar surface area (TPSA) is 79.3 Å². The van der Waals surface area contributed by atoms with Gasteiger partial charge in [-0.05, 0) is 6.92 Å². The van der Waals surface area contributed by atoms with Crippen LogP contribution < -0.4 is 5.32 Å². The molecule has 1 aromatic heterocycles. The van der Waals surface area contributed by atoms with Gasteiger partial charge in [-0.15, -0.1) is 23.1 Å². The van der Waals surface area contributed by atoms with Gasteiger partial charge in [-0.3, -0.25) is 9.59 Å². The van der Waals surface area contributed by atoms with Crippen LogP contribution in [0.3, 0.4) is 0 Å². The summed E-state index contributed by atoms with van der Waals surface area (Å²) < 4.78 is 0. The van der Waals surface area contributed by atoms with E-state index in [-0.39, 0.29) is 11.7 Å². The minimum absolute atomic E-state index is 0.0649. The van der Waals surface area contributed by atoms with E-state index < -0.39 is 5.97 Å². The summed E-state index contributed by atoms with van der Waals surface area (Å²) in [6, 6.07) is 0. The fraction of sp³-hybridized carbons (Fsp3) is 0.444. The van der Waals surface area contributed by atoms with E-state index in [0.29, 0.717) is 17.2 Å². The van der Waals surface area contributed by atoms with E-state index in [0.717, 1.165) is 5.69 Å². The van der Waals surface area contributed by atoms with Crippen LogP contribution in [0.1, 0.15) is 15.4 Å². The molecule has 0 radical (unpaired) electrons. The van der Waals surface area contributed by atoms with Crippen LogP contribution in [-0.2, 0) is 4.79 Å². The summed E-state index contributed by atoms with van der Waals surface area (Å²) in [5.74, 6) is -0.323. The Morgan fingerprint density at radius 1 is 1.62 bits per heavy atom. The number of aliphatic carboxylic acids is 1. The van der Waals surface area contributed by atoms with Gasteiger partial charge < -0.3 is 10.4 Å². The fourth-order valence-electron chi connectivity index (χ4n) is 0.996. The van der Waals surface area contributed by atoms with Gasteiger partial charge in [0.25, 0.3) is 5.91 Å². The molecule has 5 nitrogen and oxygen atoms in total. The van der Waals surface area contributed by atoms with Crippen molar-refractivity contribution in [2.24, 2.45) is 0 Å². The Morgan fingerprint density at radius 2 is 2.38 bits per heavy atom. The number of hydrogen-bond donors (Lipinski definition) is 2. The first-order valence-corrected chi connectivity index (χ1v) is 6.62. The number of carbonyl (C=O) groups excluding carboxylic acids is 1. The molecule has 0 atom stereocenters. The SMILES string of the molecule is Cc1ncsc1C(=O)NCCSCC(=O)O. The highest BCUT2D eigenvalue weighted by Crippen LogP contribution is 2.11. The highest BCUT2D eigenvalue weighted by atomic mass is 32.2. The van der Waals surface area contributed by atoms with E-state index in [4.69, 9.17) is 5.11 Å². The van der Waals surface area contributed by atoms with Crippen molar-refractivity contribution in [2.75, 3.05) is 18.1 Å². The quantitative estimate of drug-likeness (QED) is 0.746. The van der Waals surface area contributed by atoms with Crippen molar-refractivity contribution in [3.05, 3.63) is 16.1 Å². The number of thioether (sulfide) groups is 1. The maximum absolute atomic E-state index is 11.6. The molecule has 7 heteroatoms. The van der Waals surface area contributed by atoms with E-state index >= 15 is 0 Å². The molecule has 1 rings (SSSR count). The summed E-state index contributed by atoms with van der Waals surface area (Å²) in [5.41, 5.74) is 2.35. The summed E-state index contributed by atoms with van der Waals surface area (Å²) in [5, 5.41) is 11.1. The van der Waals surface area contributed by atoms with Gasteiger partial charge in [-0.2, -0.15) is 0 Å². The highest BCUT2D eigenvalue weighted by Gasteiger charge is 2.10. The van der Waals surface area contributed by atoms with Gasteiger partial charge in [-0.25, -0.2) is 4.98 Å². The first-order valence-electron chi connectivity index (χ1n) is 4.59. The Balaban J connectivity index is 2.21. The molecule has 1 heterocycles. The van der Waals surface area contributed by atoms with Crippen LogP contribution in [0.2, 0.25) is 0 Å². The third-order valence-electron chi connectivity index (χ3n) is 1.71. The van der Waals surface area contributed by atoms with E-state index in [2.05, 4.69) is 10.3 Å². The zero-order valence-electron chi connectivity index (χ0n) is 8.73. The van der Waals surface area contributed by atoms with Crippen LogP contribution in [0.25, 0.3) is 0 Å². The number of amides is 1. The van der Waals surface area contributed by atoms with Crippen molar-refractivity contribution in [2.45, 2.75) is 6.92 Å². The molecular weight excluding hydrogens is 248 g/mol. The van der Waals surface area contributed by atoms with Gasteiger partial charge in [0.1, 0.15) is 4.88 Å². The van der Waals surface area contributed by atoms with Crippen molar-refractivity contribution < 1.29 is 14.7 Å². The van der Waals surface area contributed by atoms with E-state index in [1.807, 2.05) is 0 Å². The molecule has 0 aromatic carbocycles. The first kappa shape index (κ1) is 13.0. The predicted molar refractivity (Wildman–Crippen MR) is 64.1 cm³/mol.